The van der Waals surface area contributed by atoms with Crippen molar-refractivity contribution in [3.8, 4) is 0 Å². The second kappa shape index (κ2) is 4.68. The molecule has 0 bridgehead atoms. The number of hydrazine groups is 1. The van der Waals surface area contributed by atoms with Crippen LogP contribution >= 0.6 is 0 Å². The van der Waals surface area contributed by atoms with Crippen LogP contribution in [0, 0.1) is 0 Å². The van der Waals surface area contributed by atoms with E-state index in [1.165, 1.54) is 5.01 Å². The van der Waals surface area contributed by atoms with E-state index >= 15 is 0 Å². The zero-order valence-corrected chi connectivity index (χ0v) is 6.41. The van der Waals surface area contributed by atoms with Crippen LogP contribution in [0.2, 0.25) is 0 Å². The van der Waals surface area contributed by atoms with E-state index in [-0.39, 0.29) is 5.91 Å². The Hall–Kier alpha value is -1.10. The molecule has 1 heterocycles. The largest absolute Gasteiger partial charge is 0.481 e. The minimum Gasteiger partial charge on any atom is -0.481 e. The van der Waals surface area contributed by atoms with Crippen LogP contribution in [-0.2, 0) is 9.59 Å². The van der Waals surface area contributed by atoms with Crippen molar-refractivity contribution < 1.29 is 14.7 Å². The number of amides is 1. The molecule has 11 heavy (non-hydrogen) atoms. The summed E-state index contributed by atoms with van der Waals surface area (Å²) in [6.45, 7) is 1.82. The van der Waals surface area contributed by atoms with E-state index in [1.54, 1.807) is 0 Å². The number of carbonyl (C=O) groups is 2. The maximum atomic E-state index is 10.4. The highest BCUT2D eigenvalue weighted by Crippen LogP contribution is 2.02. The normalized spacial score (nSPS) is 15.8. The van der Waals surface area contributed by atoms with Crippen LogP contribution in [0.15, 0.2) is 0 Å². The van der Waals surface area contributed by atoms with Gasteiger partial charge in [-0.2, -0.15) is 0 Å². The average Bonchev–Trinajstić information content (AvgIpc) is 2.15. The first-order chi connectivity index (χ1) is 5.04. The van der Waals surface area contributed by atoms with E-state index < -0.39 is 5.97 Å². The molecule has 0 saturated carbocycles. The Bertz CT molecular complexity index is 154. The molecule has 0 atom stereocenters. The zero-order chi connectivity index (χ0) is 8.85. The first kappa shape index (κ1) is 9.90. The number of aliphatic carboxylic acids is 1. The predicted octanol–water partition coefficient (Wildman–Crippen LogP) is -0.427. The minimum absolute atomic E-state index is 0.0694. The van der Waals surface area contributed by atoms with Crippen LogP contribution in [0.4, 0.5) is 0 Å². The van der Waals surface area contributed by atoms with Crippen molar-refractivity contribution in [2.45, 2.75) is 19.8 Å². The van der Waals surface area contributed by atoms with Crippen LogP contribution in [0.5, 0.6) is 0 Å². The topological polar surface area (TPSA) is 83.6 Å². The van der Waals surface area contributed by atoms with Gasteiger partial charge in [0.05, 0.1) is 0 Å². The van der Waals surface area contributed by atoms with Crippen molar-refractivity contribution in [2.24, 2.45) is 5.84 Å². The quantitative estimate of drug-likeness (QED) is 0.372. The Morgan fingerprint density at radius 3 is 2.27 bits per heavy atom. The minimum atomic E-state index is -0.833. The van der Waals surface area contributed by atoms with Gasteiger partial charge in [-0.05, 0) is 6.42 Å². The lowest BCUT2D eigenvalue weighted by molar-refractivity contribution is -0.134. The number of carboxylic acids is 1. The molecule has 3 N–H and O–H groups in total. The van der Waals surface area contributed by atoms with Gasteiger partial charge in [0.2, 0.25) is 5.91 Å². The SMILES string of the molecule is CC(=O)O.NN1CCCC1=O. The molecule has 0 aromatic heterocycles. The zero-order valence-electron chi connectivity index (χ0n) is 6.41. The van der Waals surface area contributed by atoms with Crippen molar-refractivity contribution in [1.82, 2.24) is 5.01 Å². The Balaban J connectivity index is 0.000000218. The second-order valence-corrected chi connectivity index (χ2v) is 2.21. The highest BCUT2D eigenvalue weighted by molar-refractivity contribution is 5.77. The van der Waals surface area contributed by atoms with Crippen LogP contribution in [0.3, 0.4) is 0 Å². The van der Waals surface area contributed by atoms with Crippen molar-refractivity contribution >= 4 is 11.9 Å². The van der Waals surface area contributed by atoms with Gasteiger partial charge in [-0.25, -0.2) is 5.84 Å². The Labute approximate surface area is 64.8 Å². The third-order valence-electron chi connectivity index (χ3n) is 1.11. The highest BCUT2D eigenvalue weighted by atomic mass is 16.4. The van der Waals surface area contributed by atoms with Crippen molar-refractivity contribution in [2.75, 3.05) is 6.54 Å². The first-order valence-corrected chi connectivity index (χ1v) is 3.28. The van der Waals surface area contributed by atoms with Crippen LogP contribution < -0.4 is 5.84 Å². The summed E-state index contributed by atoms with van der Waals surface area (Å²) in [6, 6.07) is 0. The number of carboxylic acid groups (broad SMARTS) is 1. The number of carbonyl (C=O) groups excluding carboxylic acids is 1. The van der Waals surface area contributed by atoms with E-state index in [0.29, 0.717) is 6.42 Å². The summed E-state index contributed by atoms with van der Waals surface area (Å²) in [7, 11) is 0. The van der Waals surface area contributed by atoms with E-state index in [9.17, 15) is 4.79 Å². The molecule has 1 fully saturated rings. The molecule has 1 aliphatic heterocycles. The van der Waals surface area contributed by atoms with E-state index in [2.05, 4.69) is 0 Å². The fraction of sp³-hybridized carbons (Fsp3) is 0.667. The molecule has 0 aromatic rings. The lowest BCUT2D eigenvalue weighted by atomic mass is 10.4. The molecule has 0 unspecified atom stereocenters. The Morgan fingerprint density at radius 2 is 2.18 bits per heavy atom. The molecule has 5 nitrogen and oxygen atoms in total. The van der Waals surface area contributed by atoms with Crippen molar-refractivity contribution in [3.05, 3.63) is 0 Å². The summed E-state index contributed by atoms with van der Waals surface area (Å²) in [5.41, 5.74) is 0. The number of rotatable bonds is 0. The van der Waals surface area contributed by atoms with Crippen LogP contribution in [-0.4, -0.2) is 28.5 Å². The number of nitrogens with two attached hydrogens (primary N) is 1. The van der Waals surface area contributed by atoms with Gasteiger partial charge >= 0.3 is 0 Å². The average molecular weight is 160 g/mol. The van der Waals surface area contributed by atoms with Gasteiger partial charge in [0.1, 0.15) is 0 Å². The molecular formula is C6H12N2O3. The molecule has 1 rings (SSSR count). The molecule has 1 aliphatic rings. The van der Waals surface area contributed by atoms with Gasteiger partial charge in [-0.15, -0.1) is 0 Å². The first-order valence-electron chi connectivity index (χ1n) is 3.28. The summed E-state index contributed by atoms with van der Waals surface area (Å²) in [6.07, 6.45) is 1.56. The molecule has 1 amide bonds. The molecular weight excluding hydrogens is 148 g/mol. The van der Waals surface area contributed by atoms with Gasteiger partial charge < -0.3 is 5.11 Å². The standard InChI is InChI=1S/C4H8N2O.C2H4O2/c5-6-3-1-2-4(6)7;1-2(3)4/h1-3,5H2;1H3,(H,3,4). The van der Waals surface area contributed by atoms with Crippen molar-refractivity contribution in [1.29, 1.82) is 0 Å². The van der Waals surface area contributed by atoms with E-state index in [1.807, 2.05) is 0 Å². The fourth-order valence-corrected chi connectivity index (χ4v) is 0.669. The van der Waals surface area contributed by atoms with E-state index in [4.69, 9.17) is 15.7 Å². The molecule has 64 valence electrons. The maximum Gasteiger partial charge on any atom is 0.300 e. The number of hydrogen-bond donors (Lipinski definition) is 2. The summed E-state index contributed by atoms with van der Waals surface area (Å²) in [4.78, 5) is 19.4. The lowest BCUT2D eigenvalue weighted by Crippen LogP contribution is -2.31. The summed E-state index contributed by atoms with van der Waals surface area (Å²) < 4.78 is 0. The summed E-state index contributed by atoms with van der Waals surface area (Å²) in [5, 5.41) is 8.68. The summed E-state index contributed by atoms with van der Waals surface area (Å²) >= 11 is 0. The number of hydrogen-bond acceptors (Lipinski definition) is 3. The molecule has 5 heteroatoms. The third-order valence-corrected chi connectivity index (χ3v) is 1.11. The monoisotopic (exact) mass is 160 g/mol. The molecule has 0 radical (unpaired) electrons. The molecule has 1 saturated heterocycles. The highest BCUT2D eigenvalue weighted by Gasteiger charge is 2.15. The maximum absolute atomic E-state index is 10.4. The Morgan fingerprint density at radius 1 is 1.73 bits per heavy atom. The molecule has 0 spiro atoms. The molecule has 0 aromatic carbocycles. The summed E-state index contributed by atoms with van der Waals surface area (Å²) in [5.74, 6) is 4.40. The van der Waals surface area contributed by atoms with Crippen molar-refractivity contribution in [3.63, 3.8) is 0 Å². The number of nitrogens with zero attached hydrogens (tertiary/aromatic N) is 1. The van der Waals surface area contributed by atoms with Gasteiger partial charge in [0.25, 0.3) is 5.97 Å². The van der Waals surface area contributed by atoms with Crippen LogP contribution in [0.1, 0.15) is 19.8 Å². The fourth-order valence-electron chi connectivity index (χ4n) is 0.669. The van der Waals surface area contributed by atoms with Gasteiger partial charge in [-0.3, -0.25) is 14.6 Å². The van der Waals surface area contributed by atoms with Gasteiger partial charge in [0.15, 0.2) is 0 Å². The third kappa shape index (κ3) is 5.35. The van der Waals surface area contributed by atoms with Gasteiger partial charge in [0, 0.05) is 19.9 Å². The second-order valence-electron chi connectivity index (χ2n) is 2.21. The molecule has 0 aliphatic carbocycles. The lowest BCUT2D eigenvalue weighted by Gasteiger charge is -2.03. The van der Waals surface area contributed by atoms with Gasteiger partial charge in [-0.1, -0.05) is 0 Å². The smallest absolute Gasteiger partial charge is 0.300 e. The predicted molar refractivity (Wildman–Crippen MR) is 38.4 cm³/mol. The Kier molecular flexibility index (Phi) is 4.21. The van der Waals surface area contributed by atoms with Crippen LogP contribution in [0.25, 0.3) is 0 Å². The van der Waals surface area contributed by atoms with E-state index in [0.717, 1.165) is 19.9 Å².